The smallest absolute Gasteiger partial charge is 0.246 e. The second-order valence-electron chi connectivity index (χ2n) is 5.07. The molecule has 1 aliphatic rings. The van der Waals surface area contributed by atoms with Crippen LogP contribution in [0.4, 0.5) is 0 Å². The second-order valence-corrected chi connectivity index (χ2v) is 5.48. The van der Waals surface area contributed by atoms with E-state index in [9.17, 15) is 4.79 Å². The third-order valence-electron chi connectivity index (χ3n) is 3.49. The molecule has 0 radical (unpaired) electrons. The van der Waals surface area contributed by atoms with Crippen molar-refractivity contribution in [3.63, 3.8) is 0 Å². The van der Waals surface area contributed by atoms with Crippen molar-refractivity contribution in [2.75, 3.05) is 19.7 Å². The molecule has 5 heteroatoms. The summed E-state index contributed by atoms with van der Waals surface area (Å²) in [6.07, 6.45) is 2.12. The van der Waals surface area contributed by atoms with Crippen molar-refractivity contribution in [3.8, 4) is 0 Å². The van der Waals surface area contributed by atoms with Crippen molar-refractivity contribution in [1.29, 1.82) is 0 Å². The number of benzene rings is 1. The van der Waals surface area contributed by atoms with Gasteiger partial charge in [-0.05, 0) is 44.5 Å². The van der Waals surface area contributed by atoms with Gasteiger partial charge in [-0.3, -0.25) is 4.79 Å². The van der Waals surface area contributed by atoms with Gasteiger partial charge in [0.05, 0.1) is 12.1 Å². The average Bonchev–Trinajstić information content (AvgIpc) is 2.46. The molecule has 2 rings (SSSR count). The van der Waals surface area contributed by atoms with E-state index in [1.807, 2.05) is 31.2 Å². The molecule has 1 aliphatic heterocycles. The highest BCUT2D eigenvalue weighted by molar-refractivity contribution is 6.31. The first-order valence-corrected chi connectivity index (χ1v) is 7.40. The lowest BCUT2D eigenvalue weighted by atomic mass is 10.1. The van der Waals surface area contributed by atoms with E-state index in [1.165, 1.54) is 0 Å². The molecule has 110 valence electrons. The number of amides is 1. The number of piperidine rings is 1. The fourth-order valence-electron chi connectivity index (χ4n) is 2.34. The Morgan fingerprint density at radius 2 is 2.15 bits per heavy atom. The summed E-state index contributed by atoms with van der Waals surface area (Å²) < 4.78 is 5.63. The van der Waals surface area contributed by atoms with Crippen LogP contribution in [0.3, 0.4) is 0 Å². The molecule has 0 bridgehead atoms. The van der Waals surface area contributed by atoms with Crippen molar-refractivity contribution >= 4 is 17.5 Å². The number of halogens is 1. The van der Waals surface area contributed by atoms with Gasteiger partial charge in [-0.15, -0.1) is 0 Å². The highest BCUT2D eigenvalue weighted by Gasteiger charge is 2.16. The van der Waals surface area contributed by atoms with Gasteiger partial charge in [-0.1, -0.05) is 29.8 Å². The zero-order valence-electron chi connectivity index (χ0n) is 11.7. The van der Waals surface area contributed by atoms with Crippen molar-refractivity contribution in [3.05, 3.63) is 34.9 Å². The van der Waals surface area contributed by atoms with Crippen LogP contribution in [0.25, 0.3) is 0 Å². The molecule has 1 saturated heterocycles. The molecule has 20 heavy (non-hydrogen) atoms. The Labute approximate surface area is 124 Å². The van der Waals surface area contributed by atoms with Crippen LogP contribution in [-0.2, 0) is 9.53 Å². The predicted molar refractivity (Wildman–Crippen MR) is 79.9 cm³/mol. The van der Waals surface area contributed by atoms with E-state index in [2.05, 4.69) is 10.6 Å². The molecule has 2 N–H and O–H groups in total. The predicted octanol–water partition coefficient (Wildman–Crippen LogP) is 2.29. The number of ether oxygens (including phenoxy) is 1. The normalized spacial score (nSPS) is 17.7. The highest BCUT2D eigenvalue weighted by Crippen LogP contribution is 2.21. The summed E-state index contributed by atoms with van der Waals surface area (Å²) in [6.45, 7) is 3.95. The van der Waals surface area contributed by atoms with Gasteiger partial charge >= 0.3 is 0 Å². The van der Waals surface area contributed by atoms with E-state index in [-0.39, 0.29) is 24.7 Å². The Balaban J connectivity index is 1.77. The Bertz CT molecular complexity index is 447. The van der Waals surface area contributed by atoms with Crippen molar-refractivity contribution in [1.82, 2.24) is 10.6 Å². The zero-order chi connectivity index (χ0) is 14.4. The molecule has 0 aliphatic carbocycles. The van der Waals surface area contributed by atoms with Crippen molar-refractivity contribution in [2.24, 2.45) is 0 Å². The summed E-state index contributed by atoms with van der Waals surface area (Å²) in [5.41, 5.74) is 0.921. The Kier molecular flexibility index (Phi) is 5.83. The third kappa shape index (κ3) is 4.47. The largest absolute Gasteiger partial charge is 0.368 e. The Hall–Kier alpha value is -1.10. The second kappa shape index (κ2) is 7.62. The molecular formula is C15H21ClN2O2. The van der Waals surface area contributed by atoms with Crippen molar-refractivity contribution < 1.29 is 9.53 Å². The van der Waals surface area contributed by atoms with Crippen LogP contribution in [0, 0.1) is 0 Å². The fourth-order valence-corrected chi connectivity index (χ4v) is 2.64. The summed E-state index contributed by atoms with van der Waals surface area (Å²) >= 11 is 6.11. The lowest BCUT2D eigenvalue weighted by Gasteiger charge is -2.23. The first kappa shape index (κ1) is 15.3. The number of hydrogen-bond donors (Lipinski definition) is 2. The van der Waals surface area contributed by atoms with E-state index in [4.69, 9.17) is 16.3 Å². The first-order chi connectivity index (χ1) is 9.66. The van der Waals surface area contributed by atoms with Crippen LogP contribution < -0.4 is 10.6 Å². The van der Waals surface area contributed by atoms with Crippen LogP contribution in [-0.4, -0.2) is 31.7 Å². The molecule has 0 unspecified atom stereocenters. The van der Waals surface area contributed by atoms with Gasteiger partial charge in [-0.2, -0.15) is 0 Å². The van der Waals surface area contributed by atoms with E-state index >= 15 is 0 Å². The molecule has 1 aromatic rings. The van der Waals surface area contributed by atoms with Crippen LogP contribution in [0.1, 0.15) is 31.4 Å². The molecule has 0 saturated carbocycles. The SMILES string of the molecule is C[C@H](NC(=O)COC1CCNCC1)c1ccccc1Cl. The molecular weight excluding hydrogens is 276 g/mol. The van der Waals surface area contributed by atoms with Gasteiger partial charge in [0.25, 0.3) is 0 Å². The minimum absolute atomic E-state index is 0.101. The van der Waals surface area contributed by atoms with Crippen molar-refractivity contribution in [2.45, 2.75) is 31.9 Å². The average molecular weight is 297 g/mol. The zero-order valence-corrected chi connectivity index (χ0v) is 12.5. The number of carbonyl (C=O) groups excluding carboxylic acids is 1. The number of hydrogen-bond acceptors (Lipinski definition) is 3. The standard InChI is InChI=1S/C15H21ClN2O2/c1-11(13-4-2-3-5-14(13)16)18-15(19)10-20-12-6-8-17-9-7-12/h2-5,11-12,17H,6-10H2,1H3,(H,18,19)/t11-/m0/s1. The maximum absolute atomic E-state index is 11.9. The lowest BCUT2D eigenvalue weighted by molar-refractivity contribution is -0.128. The summed E-state index contributed by atoms with van der Waals surface area (Å²) in [4.78, 5) is 11.9. The van der Waals surface area contributed by atoms with Gasteiger partial charge in [0.1, 0.15) is 6.61 Å². The minimum atomic E-state index is -0.118. The van der Waals surface area contributed by atoms with Crippen LogP contribution in [0.2, 0.25) is 5.02 Å². The molecule has 1 aromatic carbocycles. The van der Waals surface area contributed by atoms with E-state index in [1.54, 1.807) is 0 Å². The van der Waals surface area contributed by atoms with E-state index in [0.29, 0.717) is 5.02 Å². The van der Waals surface area contributed by atoms with Gasteiger partial charge in [0.2, 0.25) is 5.91 Å². The van der Waals surface area contributed by atoms with Gasteiger partial charge in [-0.25, -0.2) is 0 Å². The van der Waals surface area contributed by atoms with E-state index in [0.717, 1.165) is 31.5 Å². The van der Waals surface area contributed by atoms with Gasteiger partial charge in [0.15, 0.2) is 0 Å². The summed E-state index contributed by atoms with van der Waals surface area (Å²) in [7, 11) is 0. The molecule has 0 spiro atoms. The molecule has 1 atom stereocenters. The van der Waals surface area contributed by atoms with E-state index < -0.39 is 0 Å². The number of rotatable bonds is 5. The maximum atomic E-state index is 11.9. The Morgan fingerprint density at radius 1 is 1.45 bits per heavy atom. The topological polar surface area (TPSA) is 50.4 Å². The highest BCUT2D eigenvalue weighted by atomic mass is 35.5. The fraction of sp³-hybridized carbons (Fsp3) is 0.533. The lowest BCUT2D eigenvalue weighted by Crippen LogP contribution is -2.36. The first-order valence-electron chi connectivity index (χ1n) is 7.03. The van der Waals surface area contributed by atoms with Crippen LogP contribution in [0.15, 0.2) is 24.3 Å². The molecule has 0 aromatic heterocycles. The quantitative estimate of drug-likeness (QED) is 0.876. The third-order valence-corrected chi connectivity index (χ3v) is 3.83. The number of carbonyl (C=O) groups is 1. The van der Waals surface area contributed by atoms with Gasteiger partial charge in [0, 0.05) is 5.02 Å². The monoisotopic (exact) mass is 296 g/mol. The molecule has 4 nitrogen and oxygen atoms in total. The summed E-state index contributed by atoms with van der Waals surface area (Å²) in [5.74, 6) is -0.101. The van der Waals surface area contributed by atoms with Crippen LogP contribution >= 0.6 is 11.6 Å². The maximum Gasteiger partial charge on any atom is 0.246 e. The molecule has 1 amide bonds. The Morgan fingerprint density at radius 3 is 2.85 bits per heavy atom. The summed E-state index contributed by atoms with van der Waals surface area (Å²) in [6, 6.07) is 7.41. The minimum Gasteiger partial charge on any atom is -0.368 e. The van der Waals surface area contributed by atoms with Crippen LogP contribution in [0.5, 0.6) is 0 Å². The summed E-state index contributed by atoms with van der Waals surface area (Å²) in [5, 5.41) is 6.85. The molecule has 1 fully saturated rings. The van der Waals surface area contributed by atoms with Gasteiger partial charge < -0.3 is 15.4 Å². The molecule has 1 heterocycles. The number of nitrogens with one attached hydrogen (secondary N) is 2.